The first-order valence-electron chi connectivity index (χ1n) is 9.40. The number of halogens is 1. The van der Waals surface area contributed by atoms with E-state index in [2.05, 4.69) is 15.9 Å². The number of amides is 2. The number of fused-ring (bicyclic) bond motifs is 1. The van der Waals surface area contributed by atoms with E-state index in [1.165, 1.54) is 11.8 Å². The Kier molecular flexibility index (Phi) is 5.64. The van der Waals surface area contributed by atoms with Crippen LogP contribution in [-0.4, -0.2) is 27.6 Å². The summed E-state index contributed by atoms with van der Waals surface area (Å²) in [5, 5.41) is 0. The van der Waals surface area contributed by atoms with Crippen LogP contribution in [0.2, 0.25) is 0 Å². The van der Waals surface area contributed by atoms with Gasteiger partial charge in [-0.25, -0.2) is 0 Å². The monoisotopic (exact) mass is 486 g/mol. The molecule has 0 bridgehead atoms. The molecule has 2 aromatic carbocycles. The highest BCUT2D eigenvalue weighted by molar-refractivity contribution is 9.10. The molecule has 0 N–H and O–H groups in total. The van der Waals surface area contributed by atoms with Crippen molar-refractivity contribution in [2.45, 2.75) is 26.3 Å². The third-order valence-electron chi connectivity index (χ3n) is 5.12. The van der Waals surface area contributed by atoms with Crippen LogP contribution in [0.5, 0.6) is 0 Å². The van der Waals surface area contributed by atoms with E-state index in [4.69, 9.17) is 12.2 Å². The van der Waals surface area contributed by atoms with Gasteiger partial charge in [-0.3, -0.25) is 14.5 Å². The maximum Gasteiger partial charge on any atom is 0.267 e. The summed E-state index contributed by atoms with van der Waals surface area (Å²) in [6.45, 7) is 4.60. The molecule has 1 fully saturated rings. The first-order valence-corrected chi connectivity index (χ1v) is 11.4. The van der Waals surface area contributed by atoms with E-state index in [0.29, 0.717) is 21.3 Å². The van der Waals surface area contributed by atoms with E-state index in [9.17, 15) is 9.59 Å². The van der Waals surface area contributed by atoms with Gasteiger partial charge >= 0.3 is 0 Å². The van der Waals surface area contributed by atoms with E-state index in [1.54, 1.807) is 9.80 Å². The molecule has 4 nitrogen and oxygen atoms in total. The molecule has 2 aromatic rings. The maximum atomic E-state index is 13.4. The SMILES string of the molecule is CCCN1C(=O)C(=C2SC(=S)N(C(C)c3ccccc3)C2=O)c2cc(Br)ccc21. The Morgan fingerprint density at radius 3 is 2.52 bits per heavy atom. The van der Waals surface area contributed by atoms with Gasteiger partial charge in [0.1, 0.15) is 4.32 Å². The molecule has 2 aliphatic heterocycles. The second kappa shape index (κ2) is 8.05. The molecule has 29 heavy (non-hydrogen) atoms. The molecule has 1 unspecified atom stereocenters. The van der Waals surface area contributed by atoms with Crippen LogP contribution in [0.15, 0.2) is 57.9 Å². The van der Waals surface area contributed by atoms with Crippen molar-refractivity contribution < 1.29 is 9.59 Å². The van der Waals surface area contributed by atoms with Crippen molar-refractivity contribution in [3.05, 3.63) is 69.0 Å². The van der Waals surface area contributed by atoms with Crippen molar-refractivity contribution in [1.29, 1.82) is 0 Å². The smallest absolute Gasteiger partial charge is 0.267 e. The molecule has 0 spiro atoms. The lowest BCUT2D eigenvalue weighted by atomic mass is 10.1. The van der Waals surface area contributed by atoms with Gasteiger partial charge in [0.25, 0.3) is 11.8 Å². The number of anilines is 1. The lowest BCUT2D eigenvalue weighted by molar-refractivity contribution is -0.123. The average molecular weight is 487 g/mol. The molecule has 2 amide bonds. The highest BCUT2D eigenvalue weighted by Gasteiger charge is 2.43. The largest absolute Gasteiger partial charge is 0.308 e. The minimum absolute atomic E-state index is 0.132. The maximum absolute atomic E-state index is 13.4. The zero-order valence-corrected chi connectivity index (χ0v) is 19.2. The Morgan fingerprint density at radius 1 is 1.10 bits per heavy atom. The second-order valence-corrected chi connectivity index (χ2v) is 9.51. The minimum atomic E-state index is -0.205. The molecule has 1 saturated heterocycles. The predicted octanol–water partition coefficient (Wildman–Crippen LogP) is 5.54. The van der Waals surface area contributed by atoms with E-state index in [0.717, 1.165) is 27.7 Å². The fourth-order valence-corrected chi connectivity index (χ4v) is 5.56. The molecule has 148 valence electrons. The number of nitrogens with zero attached hydrogens (tertiary/aromatic N) is 2. The molecule has 0 radical (unpaired) electrons. The topological polar surface area (TPSA) is 40.6 Å². The Labute approximate surface area is 188 Å². The summed E-state index contributed by atoms with van der Waals surface area (Å²) < 4.78 is 1.35. The van der Waals surface area contributed by atoms with Crippen LogP contribution in [0.1, 0.15) is 37.4 Å². The number of thioether (sulfide) groups is 1. The van der Waals surface area contributed by atoms with E-state index in [-0.39, 0.29) is 17.9 Å². The summed E-state index contributed by atoms with van der Waals surface area (Å²) in [5.74, 6) is -0.336. The fraction of sp³-hybridized carbons (Fsp3) is 0.227. The van der Waals surface area contributed by atoms with E-state index < -0.39 is 0 Å². The van der Waals surface area contributed by atoms with Crippen molar-refractivity contribution >= 4 is 67.3 Å². The van der Waals surface area contributed by atoms with Crippen LogP contribution >= 0.6 is 39.9 Å². The molecule has 7 heteroatoms. The third kappa shape index (κ3) is 3.45. The summed E-state index contributed by atoms with van der Waals surface area (Å²) in [6.07, 6.45) is 0.834. The number of carbonyl (C=O) groups excluding carboxylic acids is 2. The van der Waals surface area contributed by atoms with Crippen molar-refractivity contribution in [1.82, 2.24) is 4.90 Å². The highest BCUT2D eigenvalue weighted by Crippen LogP contribution is 2.47. The predicted molar refractivity (Wildman–Crippen MR) is 126 cm³/mol. The Bertz CT molecular complexity index is 1050. The number of benzene rings is 2. The molecule has 0 saturated carbocycles. The quantitative estimate of drug-likeness (QED) is 0.420. The van der Waals surface area contributed by atoms with Gasteiger partial charge in [-0.2, -0.15) is 0 Å². The Balaban J connectivity index is 1.80. The van der Waals surface area contributed by atoms with E-state index in [1.807, 2.05) is 62.4 Å². The van der Waals surface area contributed by atoms with Gasteiger partial charge in [0.15, 0.2) is 0 Å². The van der Waals surface area contributed by atoms with Crippen molar-refractivity contribution in [3.63, 3.8) is 0 Å². The van der Waals surface area contributed by atoms with Crippen LogP contribution < -0.4 is 4.90 Å². The third-order valence-corrected chi connectivity index (χ3v) is 7.01. The van der Waals surface area contributed by atoms with Gasteiger partial charge in [0.2, 0.25) is 0 Å². The minimum Gasteiger partial charge on any atom is -0.308 e. The number of rotatable bonds is 4. The molecule has 0 aromatic heterocycles. The summed E-state index contributed by atoms with van der Waals surface area (Å²) in [7, 11) is 0. The molecule has 0 aliphatic carbocycles. The highest BCUT2D eigenvalue weighted by atomic mass is 79.9. The summed E-state index contributed by atoms with van der Waals surface area (Å²) >= 11 is 10.3. The Morgan fingerprint density at radius 2 is 1.83 bits per heavy atom. The van der Waals surface area contributed by atoms with Crippen LogP contribution in [0.25, 0.3) is 5.57 Å². The summed E-state index contributed by atoms with van der Waals surface area (Å²) in [6, 6.07) is 15.3. The molecule has 2 aliphatic rings. The lowest BCUT2D eigenvalue weighted by Gasteiger charge is -2.23. The summed E-state index contributed by atoms with van der Waals surface area (Å²) in [5.41, 5.74) is 3.08. The number of hydrogen-bond donors (Lipinski definition) is 0. The number of hydrogen-bond acceptors (Lipinski definition) is 4. The van der Waals surface area contributed by atoms with Gasteiger partial charge in [0.05, 0.1) is 22.2 Å². The fourth-order valence-electron chi connectivity index (χ4n) is 3.71. The average Bonchev–Trinajstić information content (AvgIpc) is 3.14. The van der Waals surface area contributed by atoms with Gasteiger partial charge in [-0.15, -0.1) is 0 Å². The van der Waals surface area contributed by atoms with Crippen LogP contribution in [0, 0.1) is 0 Å². The van der Waals surface area contributed by atoms with Crippen LogP contribution in [-0.2, 0) is 9.59 Å². The standard InChI is InChI=1S/C22H19BrN2O2S2/c1-3-11-24-17-10-9-15(23)12-16(17)18(20(24)26)19-21(27)25(22(28)29-19)13(2)14-7-5-4-6-8-14/h4-10,12-13H,3,11H2,1-2H3. The number of carbonyl (C=O) groups is 2. The van der Waals surface area contributed by atoms with Gasteiger partial charge < -0.3 is 4.90 Å². The second-order valence-electron chi connectivity index (χ2n) is 6.95. The molecular weight excluding hydrogens is 468 g/mol. The Hall–Kier alpha value is -1.96. The van der Waals surface area contributed by atoms with Crippen LogP contribution in [0.3, 0.4) is 0 Å². The number of thiocarbonyl (C=S) groups is 1. The van der Waals surface area contributed by atoms with Crippen molar-refractivity contribution in [2.24, 2.45) is 0 Å². The van der Waals surface area contributed by atoms with E-state index >= 15 is 0 Å². The first kappa shape index (κ1) is 20.3. The van der Waals surface area contributed by atoms with Gasteiger partial charge in [-0.1, -0.05) is 77.2 Å². The zero-order valence-electron chi connectivity index (χ0n) is 16.0. The van der Waals surface area contributed by atoms with Gasteiger partial charge in [0, 0.05) is 16.6 Å². The molecule has 4 rings (SSSR count). The molecule has 2 heterocycles. The zero-order chi connectivity index (χ0) is 20.7. The van der Waals surface area contributed by atoms with Gasteiger partial charge in [-0.05, 0) is 37.1 Å². The normalized spacial score (nSPS) is 19.9. The summed E-state index contributed by atoms with van der Waals surface area (Å²) in [4.78, 5) is 30.5. The molecule has 1 atom stereocenters. The van der Waals surface area contributed by atoms with Crippen molar-refractivity contribution in [3.8, 4) is 0 Å². The molecular formula is C22H19BrN2O2S2. The lowest BCUT2D eigenvalue weighted by Crippen LogP contribution is -2.32. The first-order chi connectivity index (χ1) is 13.9. The van der Waals surface area contributed by atoms with Crippen LogP contribution in [0.4, 0.5) is 5.69 Å². The van der Waals surface area contributed by atoms with Crippen molar-refractivity contribution in [2.75, 3.05) is 11.4 Å².